The van der Waals surface area contributed by atoms with E-state index in [0.29, 0.717) is 5.69 Å². The van der Waals surface area contributed by atoms with Crippen molar-refractivity contribution < 1.29 is 9.90 Å². The number of carboxylic acids is 1. The van der Waals surface area contributed by atoms with Crippen molar-refractivity contribution in [2.75, 3.05) is 0 Å². The van der Waals surface area contributed by atoms with Crippen molar-refractivity contribution in [3.05, 3.63) is 29.1 Å². The Balaban J connectivity index is 3.20. The van der Waals surface area contributed by atoms with Crippen molar-refractivity contribution in [1.82, 2.24) is 4.98 Å². The number of pyridine rings is 1. The van der Waals surface area contributed by atoms with E-state index in [4.69, 9.17) is 39.9 Å². The Morgan fingerprint density at radius 1 is 1.43 bits per heavy atom. The van der Waals surface area contributed by atoms with E-state index in [1.807, 2.05) is 0 Å². The fourth-order valence-corrected chi connectivity index (χ4v) is 1.26. The van der Waals surface area contributed by atoms with E-state index in [9.17, 15) is 4.79 Å². The van der Waals surface area contributed by atoms with Gasteiger partial charge in [-0.15, -0.1) is 0 Å². The van der Waals surface area contributed by atoms with Crippen LogP contribution in [0.4, 0.5) is 0 Å². The highest BCUT2D eigenvalue weighted by molar-refractivity contribution is 6.66. The lowest BCUT2D eigenvalue weighted by Gasteiger charge is -2.11. The van der Waals surface area contributed by atoms with Gasteiger partial charge in [0, 0.05) is 0 Å². The lowest BCUT2D eigenvalue weighted by molar-refractivity contribution is 0.0695. The first-order valence-electron chi connectivity index (χ1n) is 3.60. The van der Waals surface area contributed by atoms with Crippen LogP contribution in [0.1, 0.15) is 21.7 Å². The van der Waals surface area contributed by atoms with Gasteiger partial charge in [0.1, 0.15) is 0 Å². The lowest BCUT2D eigenvalue weighted by Crippen LogP contribution is -2.08. The number of carboxylic acid groups (broad SMARTS) is 1. The minimum Gasteiger partial charge on any atom is -0.478 e. The van der Waals surface area contributed by atoms with Gasteiger partial charge in [-0.05, 0) is 19.1 Å². The zero-order chi connectivity index (χ0) is 10.9. The second-order valence-corrected chi connectivity index (χ2v) is 4.91. The van der Waals surface area contributed by atoms with Crippen molar-refractivity contribution in [3.8, 4) is 0 Å². The van der Waals surface area contributed by atoms with Crippen LogP contribution in [0.3, 0.4) is 0 Å². The topological polar surface area (TPSA) is 50.2 Å². The summed E-state index contributed by atoms with van der Waals surface area (Å²) in [6.07, 6.45) is 0. The van der Waals surface area contributed by atoms with E-state index in [-0.39, 0.29) is 11.3 Å². The second kappa shape index (κ2) is 3.93. The Morgan fingerprint density at radius 3 is 2.36 bits per heavy atom. The highest BCUT2D eigenvalue weighted by Crippen LogP contribution is 2.37. The Morgan fingerprint density at radius 2 is 2.00 bits per heavy atom. The molecule has 0 amide bonds. The summed E-state index contributed by atoms with van der Waals surface area (Å²) in [5, 5.41) is 8.72. The maximum atomic E-state index is 10.6. The van der Waals surface area contributed by atoms with Gasteiger partial charge in [0.05, 0.1) is 17.0 Å². The normalized spacial score (nSPS) is 11.4. The molecule has 0 atom stereocenters. The predicted molar refractivity (Wildman–Crippen MR) is 55.2 cm³/mol. The summed E-state index contributed by atoms with van der Waals surface area (Å²) in [5.74, 6) is -1.05. The highest BCUT2D eigenvalue weighted by Gasteiger charge is 2.25. The lowest BCUT2D eigenvalue weighted by atomic mass is 10.2. The van der Waals surface area contributed by atoms with Crippen LogP contribution in [0.2, 0.25) is 0 Å². The van der Waals surface area contributed by atoms with E-state index in [0.717, 1.165) is 0 Å². The molecule has 0 aliphatic rings. The first-order valence-corrected chi connectivity index (χ1v) is 4.74. The fraction of sp³-hybridized carbons (Fsp3) is 0.250. The van der Waals surface area contributed by atoms with Crippen molar-refractivity contribution in [3.63, 3.8) is 0 Å². The third-order valence-electron chi connectivity index (χ3n) is 1.61. The number of hydrogen-bond acceptors (Lipinski definition) is 2. The van der Waals surface area contributed by atoms with Gasteiger partial charge in [0.2, 0.25) is 3.79 Å². The first-order chi connectivity index (χ1) is 6.32. The Bertz CT molecular complexity index is 373. The molecule has 0 unspecified atom stereocenters. The Kier molecular flexibility index (Phi) is 3.24. The van der Waals surface area contributed by atoms with Crippen LogP contribution in [0.5, 0.6) is 0 Å². The van der Waals surface area contributed by atoms with Crippen LogP contribution in [0, 0.1) is 6.92 Å². The summed E-state index contributed by atoms with van der Waals surface area (Å²) in [5.41, 5.74) is 0.634. The Labute approximate surface area is 95.6 Å². The van der Waals surface area contributed by atoms with Gasteiger partial charge in [-0.2, -0.15) is 0 Å². The molecule has 1 rings (SSSR count). The van der Waals surface area contributed by atoms with E-state index in [2.05, 4.69) is 4.98 Å². The average Bonchev–Trinajstić information content (AvgIpc) is 2.01. The number of hydrogen-bond donors (Lipinski definition) is 1. The summed E-state index contributed by atoms with van der Waals surface area (Å²) in [4.78, 5) is 14.5. The molecule has 14 heavy (non-hydrogen) atoms. The first kappa shape index (κ1) is 11.6. The van der Waals surface area contributed by atoms with E-state index < -0.39 is 9.76 Å². The van der Waals surface area contributed by atoms with Gasteiger partial charge >= 0.3 is 5.97 Å². The molecule has 0 saturated heterocycles. The van der Waals surface area contributed by atoms with Gasteiger partial charge in [-0.25, -0.2) is 4.79 Å². The van der Waals surface area contributed by atoms with Crippen LogP contribution in [0.25, 0.3) is 0 Å². The molecule has 0 fully saturated rings. The van der Waals surface area contributed by atoms with E-state index in [1.54, 1.807) is 6.92 Å². The number of rotatable bonds is 1. The molecule has 0 aliphatic carbocycles. The molecular formula is C8H6Cl3NO2. The smallest absolute Gasteiger partial charge is 0.337 e. The van der Waals surface area contributed by atoms with E-state index in [1.165, 1.54) is 12.1 Å². The maximum Gasteiger partial charge on any atom is 0.337 e. The third kappa shape index (κ3) is 2.50. The quantitative estimate of drug-likeness (QED) is 0.784. The number of aromatic nitrogens is 1. The monoisotopic (exact) mass is 253 g/mol. The molecule has 76 valence electrons. The molecule has 1 aromatic rings. The number of aryl methyl sites for hydroxylation is 1. The summed E-state index contributed by atoms with van der Waals surface area (Å²) in [6, 6.07) is 2.74. The average molecular weight is 254 g/mol. The van der Waals surface area contributed by atoms with Gasteiger partial charge in [-0.3, -0.25) is 4.98 Å². The number of alkyl halides is 3. The molecule has 0 aliphatic heterocycles. The second-order valence-electron chi connectivity index (χ2n) is 2.63. The van der Waals surface area contributed by atoms with Gasteiger partial charge in [0.15, 0.2) is 0 Å². The number of nitrogens with zero attached hydrogens (tertiary/aromatic N) is 1. The van der Waals surface area contributed by atoms with Crippen molar-refractivity contribution in [2.45, 2.75) is 10.7 Å². The number of halogens is 3. The number of carbonyl (C=O) groups is 1. The molecule has 0 saturated carbocycles. The highest BCUT2D eigenvalue weighted by atomic mass is 35.6. The van der Waals surface area contributed by atoms with Crippen LogP contribution >= 0.6 is 34.8 Å². The molecule has 0 aromatic carbocycles. The van der Waals surface area contributed by atoms with E-state index >= 15 is 0 Å². The Hall–Kier alpha value is -0.510. The van der Waals surface area contributed by atoms with Crippen LogP contribution < -0.4 is 0 Å². The summed E-state index contributed by atoms with van der Waals surface area (Å²) < 4.78 is -1.62. The largest absolute Gasteiger partial charge is 0.478 e. The summed E-state index contributed by atoms with van der Waals surface area (Å²) in [7, 11) is 0. The predicted octanol–water partition coefficient (Wildman–Crippen LogP) is 2.91. The molecule has 3 nitrogen and oxygen atoms in total. The molecule has 0 bridgehead atoms. The molecule has 0 spiro atoms. The zero-order valence-corrected chi connectivity index (χ0v) is 9.36. The van der Waals surface area contributed by atoms with Gasteiger partial charge in [0.25, 0.3) is 0 Å². The minimum atomic E-state index is -1.62. The molecule has 1 N–H and O–H groups in total. The molecule has 0 radical (unpaired) electrons. The summed E-state index contributed by atoms with van der Waals surface area (Å²) >= 11 is 16.8. The molecular weight excluding hydrogens is 248 g/mol. The summed E-state index contributed by atoms with van der Waals surface area (Å²) in [6.45, 7) is 1.54. The van der Waals surface area contributed by atoms with Crippen LogP contribution in [-0.4, -0.2) is 16.1 Å². The van der Waals surface area contributed by atoms with Crippen LogP contribution in [-0.2, 0) is 3.79 Å². The molecule has 6 heteroatoms. The van der Waals surface area contributed by atoms with Crippen molar-refractivity contribution in [1.29, 1.82) is 0 Å². The molecule has 1 heterocycles. The maximum absolute atomic E-state index is 10.6. The van der Waals surface area contributed by atoms with Gasteiger partial charge < -0.3 is 5.11 Å². The SMILES string of the molecule is Cc1nc(C(Cl)(Cl)Cl)ccc1C(=O)O. The fourth-order valence-electron chi connectivity index (χ4n) is 0.945. The number of aromatic carboxylic acids is 1. The van der Waals surface area contributed by atoms with Crippen molar-refractivity contribution in [2.24, 2.45) is 0 Å². The van der Waals surface area contributed by atoms with Gasteiger partial charge in [-0.1, -0.05) is 34.8 Å². The standard InChI is InChI=1S/C8H6Cl3NO2/c1-4-5(7(13)14)2-3-6(12-4)8(9,10)11/h2-3H,1H3,(H,13,14). The zero-order valence-electron chi connectivity index (χ0n) is 7.09. The minimum absolute atomic E-state index is 0.100. The van der Waals surface area contributed by atoms with Crippen molar-refractivity contribution >= 4 is 40.8 Å². The molecule has 1 aromatic heterocycles. The van der Waals surface area contributed by atoms with Crippen LogP contribution in [0.15, 0.2) is 12.1 Å². The third-order valence-corrected chi connectivity index (χ3v) is 2.19.